The van der Waals surface area contributed by atoms with E-state index >= 15 is 0 Å². The van der Waals surface area contributed by atoms with Crippen molar-refractivity contribution in [3.63, 3.8) is 0 Å². The SMILES string of the molecule is CC(O)(Cc1ccccc1O)C(=O)O. The highest BCUT2D eigenvalue weighted by Crippen LogP contribution is 2.21. The molecule has 0 saturated heterocycles. The van der Waals surface area contributed by atoms with Gasteiger partial charge >= 0.3 is 5.97 Å². The van der Waals surface area contributed by atoms with Crippen molar-refractivity contribution in [3.05, 3.63) is 29.8 Å². The van der Waals surface area contributed by atoms with Gasteiger partial charge in [-0.25, -0.2) is 4.79 Å². The van der Waals surface area contributed by atoms with Crippen LogP contribution < -0.4 is 0 Å². The third-order valence-corrected chi connectivity index (χ3v) is 1.99. The van der Waals surface area contributed by atoms with Gasteiger partial charge < -0.3 is 15.3 Å². The van der Waals surface area contributed by atoms with E-state index in [1.807, 2.05) is 0 Å². The molecule has 0 radical (unpaired) electrons. The molecule has 0 saturated carbocycles. The predicted molar refractivity (Wildman–Crippen MR) is 50.1 cm³/mol. The van der Waals surface area contributed by atoms with Crippen LogP contribution in [0.25, 0.3) is 0 Å². The van der Waals surface area contributed by atoms with Crippen molar-refractivity contribution in [3.8, 4) is 5.75 Å². The van der Waals surface area contributed by atoms with Crippen LogP contribution in [0.4, 0.5) is 0 Å². The molecule has 1 aromatic carbocycles. The van der Waals surface area contributed by atoms with E-state index in [4.69, 9.17) is 5.11 Å². The number of para-hydroxylation sites is 1. The van der Waals surface area contributed by atoms with Gasteiger partial charge in [0.25, 0.3) is 0 Å². The molecule has 0 spiro atoms. The fraction of sp³-hybridized carbons (Fsp3) is 0.300. The first-order valence-electron chi connectivity index (χ1n) is 4.16. The maximum atomic E-state index is 10.6. The van der Waals surface area contributed by atoms with Crippen molar-refractivity contribution in [2.24, 2.45) is 0 Å². The molecule has 1 atom stereocenters. The summed E-state index contributed by atoms with van der Waals surface area (Å²) in [5, 5.41) is 27.5. The van der Waals surface area contributed by atoms with Gasteiger partial charge in [-0.3, -0.25) is 0 Å². The third-order valence-electron chi connectivity index (χ3n) is 1.99. The molecule has 1 unspecified atom stereocenters. The van der Waals surface area contributed by atoms with Crippen molar-refractivity contribution >= 4 is 5.97 Å². The van der Waals surface area contributed by atoms with Crippen molar-refractivity contribution in [2.75, 3.05) is 0 Å². The minimum absolute atomic E-state index is 0.00553. The van der Waals surface area contributed by atoms with Gasteiger partial charge in [0.1, 0.15) is 5.75 Å². The minimum Gasteiger partial charge on any atom is -0.508 e. The Labute approximate surface area is 81.4 Å². The van der Waals surface area contributed by atoms with Crippen LogP contribution in [0.1, 0.15) is 12.5 Å². The van der Waals surface area contributed by atoms with Crippen molar-refractivity contribution in [2.45, 2.75) is 18.9 Å². The molecule has 0 amide bonds. The zero-order chi connectivity index (χ0) is 10.8. The van der Waals surface area contributed by atoms with Crippen LogP contribution in [-0.4, -0.2) is 26.9 Å². The van der Waals surface area contributed by atoms with E-state index in [2.05, 4.69) is 0 Å². The summed E-state index contributed by atoms with van der Waals surface area (Å²) in [6.07, 6.45) is -0.116. The highest BCUT2D eigenvalue weighted by atomic mass is 16.4. The normalized spacial score (nSPS) is 14.7. The molecule has 4 nitrogen and oxygen atoms in total. The molecule has 0 aliphatic carbocycles. The Morgan fingerprint density at radius 2 is 2.00 bits per heavy atom. The van der Waals surface area contributed by atoms with Gasteiger partial charge in [0.15, 0.2) is 5.60 Å². The fourth-order valence-corrected chi connectivity index (χ4v) is 1.11. The summed E-state index contributed by atoms with van der Waals surface area (Å²) in [5.41, 5.74) is -1.43. The van der Waals surface area contributed by atoms with Crippen molar-refractivity contribution in [1.82, 2.24) is 0 Å². The average molecular weight is 196 g/mol. The van der Waals surface area contributed by atoms with E-state index < -0.39 is 11.6 Å². The molecule has 0 bridgehead atoms. The van der Waals surface area contributed by atoms with Crippen LogP contribution in [-0.2, 0) is 11.2 Å². The molecule has 14 heavy (non-hydrogen) atoms. The zero-order valence-electron chi connectivity index (χ0n) is 7.77. The molecule has 4 heteroatoms. The summed E-state index contributed by atoms with van der Waals surface area (Å²) < 4.78 is 0. The maximum Gasteiger partial charge on any atom is 0.335 e. The Hall–Kier alpha value is -1.55. The largest absolute Gasteiger partial charge is 0.508 e. The number of carbonyl (C=O) groups is 1. The summed E-state index contributed by atoms with van der Waals surface area (Å²) in [5.74, 6) is -1.31. The summed E-state index contributed by atoms with van der Waals surface area (Å²) in [6.45, 7) is 1.20. The second kappa shape index (κ2) is 3.67. The highest BCUT2D eigenvalue weighted by Gasteiger charge is 2.30. The number of carboxylic acids is 1. The Balaban J connectivity index is 2.89. The van der Waals surface area contributed by atoms with E-state index in [1.165, 1.54) is 13.0 Å². The Bertz CT molecular complexity index is 344. The van der Waals surface area contributed by atoms with Crippen LogP contribution in [0, 0.1) is 0 Å². The van der Waals surface area contributed by atoms with Crippen molar-refractivity contribution in [1.29, 1.82) is 0 Å². The molecular formula is C10H12O4. The standard InChI is InChI=1S/C10H12O4/c1-10(14,9(12)13)6-7-4-2-3-5-8(7)11/h2-5,11,14H,6H2,1H3,(H,12,13). The molecular weight excluding hydrogens is 184 g/mol. The Morgan fingerprint density at radius 1 is 1.43 bits per heavy atom. The number of phenolic OH excluding ortho intramolecular Hbond substituents is 1. The molecule has 0 aromatic heterocycles. The monoisotopic (exact) mass is 196 g/mol. The van der Waals surface area contributed by atoms with Crippen LogP contribution in [0.2, 0.25) is 0 Å². The molecule has 0 aliphatic heterocycles. The van der Waals surface area contributed by atoms with Gasteiger partial charge in [0.05, 0.1) is 0 Å². The number of aliphatic hydroxyl groups is 1. The van der Waals surface area contributed by atoms with Gasteiger partial charge in [-0.05, 0) is 18.6 Å². The predicted octanol–water partition coefficient (Wildman–Crippen LogP) is 0.770. The first-order chi connectivity index (χ1) is 6.43. The number of phenols is 1. The molecule has 1 aromatic rings. The number of aromatic hydroxyl groups is 1. The van der Waals surface area contributed by atoms with Crippen LogP contribution in [0.15, 0.2) is 24.3 Å². The number of hydrogen-bond acceptors (Lipinski definition) is 3. The van der Waals surface area contributed by atoms with E-state index in [0.29, 0.717) is 5.56 Å². The fourth-order valence-electron chi connectivity index (χ4n) is 1.11. The molecule has 76 valence electrons. The van der Waals surface area contributed by atoms with E-state index in [9.17, 15) is 15.0 Å². The summed E-state index contributed by atoms with van der Waals surface area (Å²) in [4.78, 5) is 10.6. The highest BCUT2D eigenvalue weighted by molar-refractivity contribution is 5.77. The van der Waals surface area contributed by atoms with Crippen molar-refractivity contribution < 1.29 is 20.1 Å². The van der Waals surface area contributed by atoms with Gasteiger partial charge in [-0.2, -0.15) is 0 Å². The van der Waals surface area contributed by atoms with Crippen LogP contribution in [0.5, 0.6) is 5.75 Å². The maximum absolute atomic E-state index is 10.6. The summed E-state index contributed by atoms with van der Waals surface area (Å²) in [6, 6.07) is 6.33. The molecule has 1 rings (SSSR count). The molecule has 3 N–H and O–H groups in total. The molecule has 0 heterocycles. The lowest BCUT2D eigenvalue weighted by Crippen LogP contribution is -2.37. The lowest BCUT2D eigenvalue weighted by atomic mass is 9.96. The van der Waals surface area contributed by atoms with E-state index in [0.717, 1.165) is 0 Å². The topological polar surface area (TPSA) is 77.8 Å². The lowest BCUT2D eigenvalue weighted by Gasteiger charge is -2.18. The number of aliphatic carboxylic acids is 1. The summed E-state index contributed by atoms with van der Waals surface area (Å²) in [7, 11) is 0. The van der Waals surface area contributed by atoms with E-state index in [-0.39, 0.29) is 12.2 Å². The number of carboxylic acid groups (broad SMARTS) is 1. The Morgan fingerprint density at radius 3 is 2.50 bits per heavy atom. The summed E-state index contributed by atoms with van der Waals surface area (Å²) >= 11 is 0. The second-order valence-corrected chi connectivity index (χ2v) is 3.38. The second-order valence-electron chi connectivity index (χ2n) is 3.38. The van der Waals surface area contributed by atoms with Crippen LogP contribution >= 0.6 is 0 Å². The lowest BCUT2D eigenvalue weighted by molar-refractivity contribution is -0.156. The van der Waals surface area contributed by atoms with Gasteiger partial charge in [-0.1, -0.05) is 18.2 Å². The average Bonchev–Trinajstić information content (AvgIpc) is 2.08. The number of rotatable bonds is 3. The third kappa shape index (κ3) is 2.23. The number of hydrogen-bond donors (Lipinski definition) is 3. The molecule has 0 fully saturated rings. The first-order valence-corrected chi connectivity index (χ1v) is 4.16. The van der Waals surface area contributed by atoms with E-state index in [1.54, 1.807) is 18.2 Å². The minimum atomic E-state index is -1.85. The van der Waals surface area contributed by atoms with Crippen LogP contribution in [0.3, 0.4) is 0 Å². The quantitative estimate of drug-likeness (QED) is 0.667. The van der Waals surface area contributed by atoms with Gasteiger partial charge in [0.2, 0.25) is 0 Å². The molecule has 0 aliphatic rings. The first kappa shape index (κ1) is 10.5. The zero-order valence-corrected chi connectivity index (χ0v) is 7.77. The van der Waals surface area contributed by atoms with Gasteiger partial charge in [0, 0.05) is 6.42 Å². The number of benzene rings is 1. The Kier molecular flexibility index (Phi) is 2.76. The smallest absolute Gasteiger partial charge is 0.335 e. The van der Waals surface area contributed by atoms with Gasteiger partial charge in [-0.15, -0.1) is 0 Å².